The Morgan fingerprint density at radius 1 is 1.53 bits per heavy atom. The van der Waals surface area contributed by atoms with E-state index in [0.717, 1.165) is 30.7 Å². The maximum atomic E-state index is 5.22. The van der Waals surface area contributed by atoms with E-state index in [0.29, 0.717) is 6.04 Å². The first-order valence-corrected chi connectivity index (χ1v) is 7.91. The number of nitrogens with zero attached hydrogens (tertiary/aromatic N) is 2. The van der Waals surface area contributed by atoms with Crippen LogP contribution in [-0.4, -0.2) is 37.8 Å². The summed E-state index contributed by atoms with van der Waals surface area (Å²) < 4.78 is 5.22. The first-order chi connectivity index (χ1) is 9.15. The Labute approximate surface area is 120 Å². The van der Waals surface area contributed by atoms with Crippen LogP contribution in [0.25, 0.3) is 0 Å². The second-order valence-corrected chi connectivity index (χ2v) is 6.35. The van der Waals surface area contributed by atoms with E-state index in [1.165, 1.54) is 23.4 Å². The van der Waals surface area contributed by atoms with Gasteiger partial charge in [-0.2, -0.15) is 0 Å². The van der Waals surface area contributed by atoms with Crippen molar-refractivity contribution < 1.29 is 4.74 Å². The Morgan fingerprint density at radius 2 is 2.26 bits per heavy atom. The molecule has 1 N–H and O–H groups in total. The van der Waals surface area contributed by atoms with E-state index in [4.69, 9.17) is 9.72 Å². The number of thiazole rings is 1. The zero-order chi connectivity index (χ0) is 13.8. The van der Waals surface area contributed by atoms with E-state index in [2.05, 4.69) is 31.1 Å². The van der Waals surface area contributed by atoms with Gasteiger partial charge in [0.15, 0.2) is 5.13 Å². The van der Waals surface area contributed by atoms with Crippen molar-refractivity contribution in [1.29, 1.82) is 0 Å². The van der Waals surface area contributed by atoms with Gasteiger partial charge in [-0.25, -0.2) is 4.98 Å². The average Bonchev–Trinajstić information content (AvgIpc) is 3.14. The average molecular weight is 283 g/mol. The standard InChI is InChI=1S/C14H25N3OS/c1-5-12-13(8-15-11-6-7-11)19-14(16-12)17(3)10(2)9-18-4/h10-11,15H,5-9H2,1-4H3. The number of ether oxygens (including phenoxy) is 1. The second kappa shape index (κ2) is 6.68. The van der Waals surface area contributed by atoms with Crippen molar-refractivity contribution in [2.75, 3.05) is 25.7 Å². The van der Waals surface area contributed by atoms with Crippen molar-refractivity contribution >= 4 is 16.5 Å². The van der Waals surface area contributed by atoms with Crippen molar-refractivity contribution in [3.63, 3.8) is 0 Å². The summed E-state index contributed by atoms with van der Waals surface area (Å²) >= 11 is 1.81. The van der Waals surface area contributed by atoms with Crippen molar-refractivity contribution in [2.45, 2.75) is 51.7 Å². The van der Waals surface area contributed by atoms with Crippen molar-refractivity contribution in [3.8, 4) is 0 Å². The Kier molecular flexibility index (Phi) is 5.19. The lowest BCUT2D eigenvalue weighted by Gasteiger charge is -2.23. The van der Waals surface area contributed by atoms with Gasteiger partial charge in [-0.3, -0.25) is 0 Å². The topological polar surface area (TPSA) is 37.4 Å². The molecule has 19 heavy (non-hydrogen) atoms. The van der Waals surface area contributed by atoms with E-state index in [-0.39, 0.29) is 0 Å². The third-order valence-electron chi connectivity index (χ3n) is 3.60. The number of nitrogens with one attached hydrogen (secondary N) is 1. The SMILES string of the molecule is CCc1nc(N(C)C(C)COC)sc1CNC1CC1. The van der Waals surface area contributed by atoms with Gasteiger partial charge in [-0.1, -0.05) is 6.92 Å². The van der Waals surface area contributed by atoms with Crippen LogP contribution in [0.5, 0.6) is 0 Å². The summed E-state index contributed by atoms with van der Waals surface area (Å²) in [6.45, 7) is 6.04. The molecule has 1 saturated carbocycles. The summed E-state index contributed by atoms with van der Waals surface area (Å²) in [5.41, 5.74) is 1.24. The van der Waals surface area contributed by atoms with Crippen molar-refractivity contribution in [2.24, 2.45) is 0 Å². The van der Waals surface area contributed by atoms with Gasteiger partial charge in [0.05, 0.1) is 18.3 Å². The number of aryl methyl sites for hydroxylation is 1. The number of hydrogen-bond donors (Lipinski definition) is 1. The van der Waals surface area contributed by atoms with Gasteiger partial charge in [0.25, 0.3) is 0 Å². The fourth-order valence-corrected chi connectivity index (χ4v) is 3.16. The Morgan fingerprint density at radius 3 is 2.84 bits per heavy atom. The molecule has 1 unspecified atom stereocenters. The first kappa shape index (κ1) is 14.8. The summed E-state index contributed by atoms with van der Waals surface area (Å²) in [4.78, 5) is 8.39. The largest absolute Gasteiger partial charge is 0.383 e. The van der Waals surface area contributed by atoms with Gasteiger partial charge >= 0.3 is 0 Å². The predicted molar refractivity (Wildman–Crippen MR) is 81.1 cm³/mol. The minimum absolute atomic E-state index is 0.352. The minimum atomic E-state index is 0.352. The van der Waals surface area contributed by atoms with Crippen molar-refractivity contribution in [3.05, 3.63) is 10.6 Å². The molecule has 0 aliphatic heterocycles. The molecule has 108 valence electrons. The molecule has 1 fully saturated rings. The third kappa shape index (κ3) is 3.91. The van der Waals surface area contributed by atoms with E-state index in [1.54, 1.807) is 7.11 Å². The minimum Gasteiger partial charge on any atom is -0.383 e. The highest BCUT2D eigenvalue weighted by Gasteiger charge is 2.22. The molecular weight excluding hydrogens is 258 g/mol. The first-order valence-electron chi connectivity index (χ1n) is 7.09. The van der Waals surface area contributed by atoms with Gasteiger partial charge < -0.3 is 15.0 Å². The predicted octanol–water partition coefficient (Wildman–Crippen LogP) is 2.43. The summed E-state index contributed by atoms with van der Waals surface area (Å²) in [5.74, 6) is 0. The molecule has 1 aliphatic carbocycles. The molecule has 0 saturated heterocycles. The van der Waals surface area contributed by atoms with Gasteiger partial charge in [0, 0.05) is 31.6 Å². The number of likely N-dealkylation sites (N-methyl/N-ethyl adjacent to an activating group) is 1. The van der Waals surface area contributed by atoms with E-state index >= 15 is 0 Å². The highest BCUT2D eigenvalue weighted by atomic mass is 32.1. The van der Waals surface area contributed by atoms with Crippen LogP contribution in [0.15, 0.2) is 0 Å². The quantitative estimate of drug-likeness (QED) is 0.795. The Bertz CT molecular complexity index is 403. The number of rotatable bonds is 8. The lowest BCUT2D eigenvalue weighted by atomic mass is 10.3. The van der Waals surface area contributed by atoms with Crippen LogP contribution in [0, 0.1) is 0 Å². The molecule has 0 radical (unpaired) electrons. The molecule has 0 spiro atoms. The lowest BCUT2D eigenvalue weighted by molar-refractivity contribution is 0.183. The van der Waals surface area contributed by atoms with Gasteiger partial charge in [0.1, 0.15) is 0 Å². The molecule has 1 aromatic rings. The molecule has 2 rings (SSSR count). The number of hydrogen-bond acceptors (Lipinski definition) is 5. The zero-order valence-electron chi connectivity index (χ0n) is 12.4. The van der Waals surface area contributed by atoms with E-state index in [1.807, 2.05) is 11.3 Å². The molecule has 5 heteroatoms. The van der Waals surface area contributed by atoms with E-state index < -0.39 is 0 Å². The monoisotopic (exact) mass is 283 g/mol. The van der Waals surface area contributed by atoms with Crippen LogP contribution in [0.1, 0.15) is 37.3 Å². The van der Waals surface area contributed by atoms with Crippen LogP contribution in [0.4, 0.5) is 5.13 Å². The van der Waals surface area contributed by atoms with Gasteiger partial charge in [0.2, 0.25) is 0 Å². The zero-order valence-corrected chi connectivity index (χ0v) is 13.2. The number of anilines is 1. The summed E-state index contributed by atoms with van der Waals surface area (Å²) in [6, 6.07) is 1.10. The smallest absolute Gasteiger partial charge is 0.185 e. The van der Waals surface area contributed by atoms with E-state index in [9.17, 15) is 0 Å². The van der Waals surface area contributed by atoms with Crippen molar-refractivity contribution in [1.82, 2.24) is 10.3 Å². The highest BCUT2D eigenvalue weighted by molar-refractivity contribution is 7.15. The molecule has 4 nitrogen and oxygen atoms in total. The Hall–Kier alpha value is -0.650. The maximum Gasteiger partial charge on any atom is 0.185 e. The van der Waals surface area contributed by atoms with Crippen LogP contribution < -0.4 is 10.2 Å². The molecule has 1 aromatic heterocycles. The molecular formula is C14H25N3OS. The molecule has 0 aromatic carbocycles. The summed E-state index contributed by atoms with van der Waals surface area (Å²) in [6.07, 6.45) is 3.67. The maximum absolute atomic E-state index is 5.22. The van der Waals surface area contributed by atoms with Crippen LogP contribution in [-0.2, 0) is 17.7 Å². The molecule has 0 bridgehead atoms. The van der Waals surface area contributed by atoms with Crippen LogP contribution in [0.2, 0.25) is 0 Å². The van der Waals surface area contributed by atoms with Crippen LogP contribution in [0.3, 0.4) is 0 Å². The molecule has 1 heterocycles. The fourth-order valence-electron chi connectivity index (χ4n) is 2.00. The summed E-state index contributed by atoms with van der Waals surface area (Å²) in [7, 11) is 3.84. The molecule has 1 aliphatic rings. The molecule has 1 atom stereocenters. The Balaban J connectivity index is 2.03. The normalized spacial score (nSPS) is 16.6. The highest BCUT2D eigenvalue weighted by Crippen LogP contribution is 2.28. The van der Waals surface area contributed by atoms with Crippen LogP contribution >= 0.6 is 11.3 Å². The number of methoxy groups -OCH3 is 1. The van der Waals surface area contributed by atoms with Gasteiger partial charge in [-0.15, -0.1) is 11.3 Å². The lowest BCUT2D eigenvalue weighted by Crippen LogP contribution is -2.32. The molecule has 0 amide bonds. The number of aromatic nitrogens is 1. The fraction of sp³-hybridized carbons (Fsp3) is 0.786. The summed E-state index contributed by atoms with van der Waals surface area (Å²) in [5, 5.41) is 4.69. The van der Waals surface area contributed by atoms with Gasteiger partial charge in [-0.05, 0) is 26.2 Å². The third-order valence-corrected chi connectivity index (χ3v) is 4.79. The second-order valence-electron chi connectivity index (χ2n) is 5.29.